The quantitative estimate of drug-likeness (QED) is 0.811. The zero-order valence-corrected chi connectivity index (χ0v) is 13.6. The molecule has 0 aromatic heterocycles. The summed E-state index contributed by atoms with van der Waals surface area (Å²) in [4.78, 5) is 0. The molecule has 1 aromatic carbocycles. The third-order valence-corrected chi connectivity index (χ3v) is 4.72. The maximum atomic E-state index is 13.6. The highest BCUT2D eigenvalue weighted by Gasteiger charge is 2.22. The Labute approximate surface area is 136 Å². The normalized spacial score (nSPS) is 22.1. The fraction of sp³-hybridized carbons (Fsp3) is 0.588. The van der Waals surface area contributed by atoms with Gasteiger partial charge in [0.25, 0.3) is 0 Å². The minimum absolute atomic E-state index is 0.0109. The minimum Gasteiger partial charge on any atom is -0.493 e. The molecule has 1 heterocycles. The first-order valence-corrected chi connectivity index (χ1v) is 8.62. The second kappa shape index (κ2) is 7.27. The van der Waals surface area contributed by atoms with E-state index >= 15 is 0 Å². The summed E-state index contributed by atoms with van der Waals surface area (Å²) >= 11 is 5.46. The Kier molecular flexibility index (Phi) is 5.13. The second-order valence-electron chi connectivity index (χ2n) is 6.18. The van der Waals surface area contributed by atoms with Crippen molar-refractivity contribution in [3.63, 3.8) is 0 Å². The zero-order chi connectivity index (χ0) is 15.4. The average Bonchev–Trinajstić information content (AvgIpc) is 2.71. The van der Waals surface area contributed by atoms with E-state index in [0.29, 0.717) is 17.8 Å². The van der Waals surface area contributed by atoms with Crippen LogP contribution >= 0.6 is 12.2 Å². The molecule has 3 rings (SSSR count). The third kappa shape index (κ3) is 3.88. The van der Waals surface area contributed by atoms with Crippen LogP contribution in [-0.4, -0.2) is 17.8 Å². The molecular formula is C17H23FN2OS. The van der Waals surface area contributed by atoms with Gasteiger partial charge in [0.2, 0.25) is 0 Å². The molecule has 0 radical (unpaired) electrons. The van der Waals surface area contributed by atoms with Gasteiger partial charge < -0.3 is 15.4 Å². The number of fused-ring (bicyclic) bond motifs is 1. The molecule has 1 saturated carbocycles. The van der Waals surface area contributed by atoms with E-state index in [-0.39, 0.29) is 11.9 Å². The van der Waals surface area contributed by atoms with Crippen LogP contribution in [-0.2, 0) is 0 Å². The van der Waals surface area contributed by atoms with Gasteiger partial charge in [0.05, 0.1) is 12.6 Å². The average molecular weight is 322 g/mol. The number of nitrogens with one attached hydrogen (secondary N) is 2. The monoisotopic (exact) mass is 322 g/mol. The fourth-order valence-corrected chi connectivity index (χ4v) is 3.64. The number of halogens is 1. The van der Waals surface area contributed by atoms with Crippen molar-refractivity contribution in [2.75, 3.05) is 6.61 Å². The van der Waals surface area contributed by atoms with Crippen molar-refractivity contribution in [2.24, 2.45) is 0 Å². The number of thiocarbonyl (C=S) groups is 1. The second-order valence-corrected chi connectivity index (χ2v) is 6.59. The highest BCUT2D eigenvalue weighted by molar-refractivity contribution is 7.80. The standard InChI is InChI=1S/C17H23FN2OS/c18-12-8-9-16-14(11-12)15(7-4-10-21-16)20-17(22)19-13-5-2-1-3-6-13/h8-9,11,13,15H,1-7,10H2,(H2,19,20,22)/t15-/m0/s1. The van der Waals surface area contributed by atoms with E-state index in [4.69, 9.17) is 17.0 Å². The van der Waals surface area contributed by atoms with Crippen molar-refractivity contribution in [2.45, 2.75) is 57.0 Å². The van der Waals surface area contributed by atoms with Gasteiger partial charge in [-0.3, -0.25) is 0 Å². The summed E-state index contributed by atoms with van der Waals surface area (Å²) in [7, 11) is 0. The molecule has 1 fully saturated rings. The van der Waals surface area contributed by atoms with Gasteiger partial charge in [-0.1, -0.05) is 19.3 Å². The maximum absolute atomic E-state index is 13.6. The van der Waals surface area contributed by atoms with Gasteiger partial charge in [0.15, 0.2) is 5.11 Å². The lowest BCUT2D eigenvalue weighted by atomic mass is 9.96. The Morgan fingerprint density at radius 3 is 2.73 bits per heavy atom. The van der Waals surface area contributed by atoms with E-state index in [9.17, 15) is 4.39 Å². The van der Waals surface area contributed by atoms with Crippen LogP contribution in [0, 0.1) is 5.82 Å². The number of benzene rings is 1. The predicted octanol–water partition coefficient (Wildman–Crippen LogP) is 3.84. The molecule has 0 saturated heterocycles. The summed E-state index contributed by atoms with van der Waals surface area (Å²) in [6.45, 7) is 0.666. The van der Waals surface area contributed by atoms with E-state index in [2.05, 4.69) is 10.6 Å². The molecule has 0 bridgehead atoms. The number of ether oxygens (including phenoxy) is 1. The van der Waals surface area contributed by atoms with Crippen LogP contribution in [0.2, 0.25) is 0 Å². The Hall–Kier alpha value is -1.36. The van der Waals surface area contributed by atoms with Gasteiger partial charge in [-0.05, 0) is 56.1 Å². The summed E-state index contributed by atoms with van der Waals surface area (Å²) in [6.07, 6.45) is 8.05. The first kappa shape index (κ1) is 15.5. The van der Waals surface area contributed by atoms with Gasteiger partial charge in [-0.15, -0.1) is 0 Å². The fourth-order valence-electron chi connectivity index (χ4n) is 3.33. The van der Waals surface area contributed by atoms with E-state index in [1.54, 1.807) is 12.1 Å². The highest BCUT2D eigenvalue weighted by Crippen LogP contribution is 2.32. The molecule has 2 N–H and O–H groups in total. The van der Waals surface area contributed by atoms with Crippen LogP contribution in [0.4, 0.5) is 4.39 Å². The molecule has 1 aromatic rings. The van der Waals surface area contributed by atoms with Gasteiger partial charge >= 0.3 is 0 Å². The van der Waals surface area contributed by atoms with Gasteiger partial charge in [0.1, 0.15) is 11.6 Å². The van der Waals surface area contributed by atoms with Crippen molar-refractivity contribution in [1.82, 2.24) is 10.6 Å². The van der Waals surface area contributed by atoms with Crippen LogP contribution in [0.25, 0.3) is 0 Å². The van der Waals surface area contributed by atoms with Crippen molar-refractivity contribution in [3.05, 3.63) is 29.6 Å². The summed E-state index contributed by atoms with van der Waals surface area (Å²) in [5.41, 5.74) is 0.866. The van der Waals surface area contributed by atoms with Crippen molar-refractivity contribution in [1.29, 1.82) is 0 Å². The first-order chi connectivity index (χ1) is 10.7. The van der Waals surface area contributed by atoms with Crippen molar-refractivity contribution < 1.29 is 9.13 Å². The summed E-state index contributed by atoms with van der Waals surface area (Å²) in [5.74, 6) is 0.527. The number of rotatable bonds is 2. The molecular weight excluding hydrogens is 299 g/mol. The van der Waals surface area contributed by atoms with Crippen LogP contribution in [0.5, 0.6) is 5.75 Å². The van der Waals surface area contributed by atoms with Crippen molar-refractivity contribution in [3.8, 4) is 5.75 Å². The minimum atomic E-state index is -0.234. The molecule has 120 valence electrons. The molecule has 1 aliphatic carbocycles. The van der Waals surface area contributed by atoms with Crippen LogP contribution < -0.4 is 15.4 Å². The van der Waals surface area contributed by atoms with E-state index in [0.717, 1.165) is 24.2 Å². The molecule has 22 heavy (non-hydrogen) atoms. The van der Waals surface area contributed by atoms with E-state index in [1.165, 1.54) is 38.2 Å². The molecule has 5 heteroatoms. The number of hydrogen-bond acceptors (Lipinski definition) is 2. The predicted molar refractivity (Wildman–Crippen MR) is 89.6 cm³/mol. The lowest BCUT2D eigenvalue weighted by Gasteiger charge is -2.27. The Morgan fingerprint density at radius 1 is 1.09 bits per heavy atom. The SMILES string of the molecule is Fc1ccc2c(c1)[C@@H](NC(=S)NC1CCCCC1)CCCO2. The summed E-state index contributed by atoms with van der Waals surface area (Å²) < 4.78 is 19.3. The van der Waals surface area contributed by atoms with Crippen LogP contribution in [0.1, 0.15) is 56.6 Å². The largest absolute Gasteiger partial charge is 0.493 e. The lowest BCUT2D eigenvalue weighted by molar-refractivity contribution is 0.315. The van der Waals surface area contributed by atoms with Gasteiger partial charge in [0, 0.05) is 11.6 Å². The van der Waals surface area contributed by atoms with E-state index < -0.39 is 0 Å². The van der Waals surface area contributed by atoms with Crippen molar-refractivity contribution >= 4 is 17.3 Å². The molecule has 1 aliphatic heterocycles. The molecule has 3 nitrogen and oxygen atoms in total. The Morgan fingerprint density at radius 2 is 1.91 bits per heavy atom. The number of hydrogen-bond donors (Lipinski definition) is 2. The lowest BCUT2D eigenvalue weighted by Crippen LogP contribution is -2.44. The van der Waals surface area contributed by atoms with Crippen LogP contribution in [0.15, 0.2) is 18.2 Å². The van der Waals surface area contributed by atoms with Crippen LogP contribution in [0.3, 0.4) is 0 Å². The maximum Gasteiger partial charge on any atom is 0.166 e. The third-order valence-electron chi connectivity index (χ3n) is 4.49. The highest BCUT2D eigenvalue weighted by atomic mass is 32.1. The Bertz CT molecular complexity index is 531. The van der Waals surface area contributed by atoms with Gasteiger partial charge in [-0.2, -0.15) is 0 Å². The topological polar surface area (TPSA) is 33.3 Å². The molecule has 2 aliphatic rings. The van der Waals surface area contributed by atoms with E-state index in [1.807, 2.05) is 0 Å². The summed E-state index contributed by atoms with van der Waals surface area (Å²) in [5, 5.41) is 7.46. The molecule has 0 unspecified atom stereocenters. The first-order valence-electron chi connectivity index (χ1n) is 8.21. The molecule has 0 amide bonds. The zero-order valence-electron chi connectivity index (χ0n) is 12.7. The van der Waals surface area contributed by atoms with Gasteiger partial charge in [-0.25, -0.2) is 4.39 Å². The summed E-state index contributed by atoms with van der Waals surface area (Å²) in [6, 6.07) is 5.20. The smallest absolute Gasteiger partial charge is 0.166 e. The molecule has 1 atom stereocenters. The Balaban J connectivity index is 1.66. The molecule has 0 spiro atoms.